The lowest BCUT2D eigenvalue weighted by Crippen LogP contribution is -2.23. The first-order valence-corrected chi connectivity index (χ1v) is 45.8. The summed E-state index contributed by atoms with van der Waals surface area (Å²) in [5, 5.41) is 68.3. The molecule has 0 bridgehead atoms. The Labute approximate surface area is 768 Å². The molecule has 0 spiro atoms. The average molecular weight is 1800 g/mol. The molecule has 15 aromatic rings. The lowest BCUT2D eigenvalue weighted by atomic mass is 9.78. The highest BCUT2D eigenvalue weighted by molar-refractivity contribution is 5.79. The molecule has 12 aromatic heterocycles. The van der Waals surface area contributed by atoms with E-state index in [1.54, 1.807) is 128 Å². The number of allylic oxidation sites excluding steroid dienone is 3. The number of nitrogens with one attached hydrogen (secondary N) is 3. The SMILES string of the molecule is C=CCn1c(=O)c2cnc(Nc3ccc(C4CCC(c5nnc(C(C)(C)C)o5)CC4)cc3)nc2n1-c1cccc(C(C)(C)O)n1.C=CCn1c(=O)c2cnc(Nc3ccc(C4CCC(c5nnc(C(C)C)o5)CC4)cc3)nc2n1-c1cccc(C(C)(C)O)n1.C=CCn1c(=O)c2cnc(Nc3ccc(C4CCC(c5nnc(C6CC6)o5)CC4)cc3)nc2n1-c1cccc(C(C)(C)O)n1. The molecule has 4 aliphatic carbocycles. The second kappa shape index (κ2) is 37.7. The molecule has 4 saturated carbocycles. The number of fused-ring (bicyclic) bond motifs is 3. The van der Waals surface area contributed by atoms with Gasteiger partial charge in [0.05, 0.1) is 36.7 Å². The van der Waals surface area contributed by atoms with Gasteiger partial charge in [-0.15, -0.1) is 50.3 Å². The van der Waals surface area contributed by atoms with E-state index in [2.05, 4.69) is 167 Å². The Morgan fingerprint density at radius 2 is 0.647 bits per heavy atom. The van der Waals surface area contributed by atoms with Gasteiger partial charge in [-0.2, -0.15) is 15.0 Å². The molecule has 12 heterocycles. The summed E-state index contributed by atoms with van der Waals surface area (Å²) in [6.07, 6.45) is 24.5. The van der Waals surface area contributed by atoms with Crippen LogP contribution in [0.1, 0.15) is 283 Å². The van der Waals surface area contributed by atoms with Crippen molar-refractivity contribution >= 4 is 68.0 Å². The monoisotopic (exact) mass is 1790 g/mol. The van der Waals surface area contributed by atoms with Gasteiger partial charge in [-0.1, -0.05) is 107 Å². The first-order valence-electron chi connectivity index (χ1n) is 45.8. The molecule has 0 unspecified atom stereocenters. The molecule has 4 fully saturated rings. The van der Waals surface area contributed by atoms with E-state index in [0.717, 1.165) is 118 Å². The molecule has 0 radical (unpaired) electrons. The molecular weight excluding hydrogens is 1680 g/mol. The molecule has 33 heteroatoms. The van der Waals surface area contributed by atoms with Crippen molar-refractivity contribution in [2.75, 3.05) is 16.0 Å². The Bertz CT molecular complexity index is 6630. The van der Waals surface area contributed by atoms with E-state index in [9.17, 15) is 29.7 Å². The molecule has 3 aromatic carbocycles. The van der Waals surface area contributed by atoms with Crippen LogP contribution < -0.4 is 32.6 Å². The number of aromatic nitrogens is 21. The molecule has 19 rings (SSSR count). The Hall–Kier alpha value is -13.9. The van der Waals surface area contributed by atoms with Crippen LogP contribution in [0.5, 0.6) is 0 Å². The maximum absolute atomic E-state index is 13.3. The molecule has 0 aliphatic heterocycles. The molecular formula is C100H114N24O9. The van der Waals surface area contributed by atoms with Gasteiger partial charge >= 0.3 is 0 Å². The van der Waals surface area contributed by atoms with Crippen molar-refractivity contribution in [2.45, 2.75) is 255 Å². The summed E-state index contributed by atoms with van der Waals surface area (Å²) >= 11 is 0. The smallest absolute Gasteiger partial charge is 0.278 e. The number of hydrogen-bond donors (Lipinski definition) is 6. The minimum absolute atomic E-state index is 0.146. The van der Waals surface area contributed by atoms with Crippen LogP contribution in [0.2, 0.25) is 0 Å². The number of benzene rings is 3. The summed E-state index contributed by atoms with van der Waals surface area (Å²) in [6, 6.07) is 41.1. The first kappa shape index (κ1) is 91.0. The normalized spacial score (nSPS) is 17.9. The first-order chi connectivity index (χ1) is 63.8. The van der Waals surface area contributed by atoms with Gasteiger partial charge in [-0.25, -0.2) is 58.0 Å². The van der Waals surface area contributed by atoms with Gasteiger partial charge in [0.2, 0.25) is 53.2 Å². The predicted molar refractivity (Wildman–Crippen MR) is 508 cm³/mol. The maximum Gasteiger partial charge on any atom is 0.278 e. The highest BCUT2D eigenvalue weighted by atomic mass is 16.4. The minimum Gasteiger partial charge on any atom is -0.425 e. The molecule has 0 atom stereocenters. The molecule has 4 aliphatic rings. The molecule has 33 nitrogen and oxygen atoms in total. The van der Waals surface area contributed by atoms with Gasteiger partial charge in [-0.3, -0.25) is 14.4 Å². The van der Waals surface area contributed by atoms with Crippen LogP contribution >= 0.6 is 0 Å². The van der Waals surface area contributed by atoms with E-state index < -0.39 is 16.8 Å². The lowest BCUT2D eigenvalue weighted by Gasteiger charge is -2.27. The van der Waals surface area contributed by atoms with Crippen LogP contribution in [0.15, 0.2) is 212 Å². The standard InChI is InChI=1S/C34H40N8O3.C33H36N8O3.C33H38N8O3/c1-7-19-41-30(43)25-20-35-32(38-28(25)42(41)27-10-8-9-26(37-27)34(5,6)44)36-24-17-15-22(16-18-24)21-11-13-23(14-12-21)29-39-40-31(45-29)33(2,3)4;1-4-18-40-31(42)25-19-34-32(37-28(25)41(40)27-7-5-6-26(36-27)33(2,3)43)35-24-16-14-21(15-17-24)20-8-10-22(11-9-20)29-38-39-30(44-29)23-12-13-23;1-6-18-40-31(42)25-19-34-32(37-28(25)41(40)27-9-7-8-26(36-27)33(4,5)43)35-24-16-14-22(15-17-24)21-10-12-23(13-11-21)30-39-38-29(44-30)20(2)3/h7-10,15-18,20-21,23,44H,1,11-14,19H2,2-6H3,(H,35,36,38);4-7,14-17,19-20,22-23,43H,1,8-13,18H2,2-3H3,(H,34,35,37);6-9,14-17,19-21,23,43H,1,10-13,18H2,2-5H3,(H,34,35,37). The maximum atomic E-state index is 13.3. The van der Waals surface area contributed by atoms with E-state index in [0.29, 0.717) is 139 Å². The van der Waals surface area contributed by atoms with Crippen molar-refractivity contribution in [3.05, 3.63) is 284 Å². The highest BCUT2D eigenvalue weighted by Gasteiger charge is 2.36. The number of pyridine rings is 3. The van der Waals surface area contributed by atoms with Gasteiger partial charge in [0.15, 0.2) is 34.4 Å². The van der Waals surface area contributed by atoms with Gasteiger partial charge in [0.25, 0.3) is 16.7 Å². The summed E-state index contributed by atoms with van der Waals surface area (Å²) in [7, 11) is 0. The number of hydrogen-bond acceptors (Lipinski definition) is 27. The summed E-state index contributed by atoms with van der Waals surface area (Å²) < 4.78 is 27.4. The fraction of sp³-hybridized carbons (Fsp3) is 0.400. The molecule has 0 amide bonds. The number of rotatable bonds is 26. The Morgan fingerprint density at radius 1 is 0.368 bits per heavy atom. The van der Waals surface area contributed by atoms with Crippen molar-refractivity contribution in [1.82, 2.24) is 104 Å². The van der Waals surface area contributed by atoms with E-state index in [4.69, 9.17) is 28.2 Å². The second-order valence-corrected chi connectivity index (χ2v) is 38.0. The number of nitrogens with zero attached hydrogens (tertiary/aromatic N) is 21. The van der Waals surface area contributed by atoms with Crippen LogP contribution in [-0.2, 0) is 41.9 Å². The van der Waals surface area contributed by atoms with Crippen LogP contribution in [0.25, 0.3) is 50.6 Å². The molecule has 688 valence electrons. The van der Waals surface area contributed by atoms with E-state index in [1.165, 1.54) is 62.2 Å². The van der Waals surface area contributed by atoms with Gasteiger partial charge in [-0.05, 0) is 239 Å². The molecule has 0 saturated heterocycles. The molecule has 133 heavy (non-hydrogen) atoms. The molecule has 6 N–H and O–H groups in total. The van der Waals surface area contributed by atoms with Crippen molar-refractivity contribution < 1.29 is 28.6 Å². The zero-order valence-electron chi connectivity index (χ0n) is 77.0. The summed E-state index contributed by atoms with van der Waals surface area (Å²) in [6.45, 7) is 32.6. The zero-order valence-corrected chi connectivity index (χ0v) is 77.0. The Balaban J connectivity index is 0.000000139. The summed E-state index contributed by atoms with van der Waals surface area (Å²) in [5.41, 5.74) is 4.75. The van der Waals surface area contributed by atoms with Crippen LogP contribution in [0.4, 0.5) is 34.9 Å². The van der Waals surface area contributed by atoms with Crippen molar-refractivity contribution in [3.8, 4) is 17.5 Å². The van der Waals surface area contributed by atoms with E-state index in [1.807, 2.05) is 36.4 Å². The third kappa shape index (κ3) is 20.0. The van der Waals surface area contributed by atoms with Crippen LogP contribution in [-0.4, -0.2) is 119 Å². The van der Waals surface area contributed by atoms with Crippen molar-refractivity contribution in [1.29, 1.82) is 0 Å². The topological polar surface area (TPSA) is 410 Å². The van der Waals surface area contributed by atoms with E-state index >= 15 is 0 Å². The third-order valence-corrected chi connectivity index (χ3v) is 25.2. The Kier molecular flexibility index (Phi) is 25.8. The fourth-order valence-corrected chi connectivity index (χ4v) is 17.7. The third-order valence-electron chi connectivity index (χ3n) is 25.2. The van der Waals surface area contributed by atoms with Gasteiger partial charge < -0.3 is 44.5 Å². The van der Waals surface area contributed by atoms with Gasteiger partial charge in [0.1, 0.15) is 33.0 Å². The second-order valence-electron chi connectivity index (χ2n) is 38.0. The summed E-state index contributed by atoms with van der Waals surface area (Å²) in [5.74, 6) is 10.2. The van der Waals surface area contributed by atoms with Gasteiger partial charge in [0, 0.05) is 70.7 Å². The van der Waals surface area contributed by atoms with Crippen LogP contribution in [0.3, 0.4) is 0 Å². The minimum atomic E-state index is -1.15. The summed E-state index contributed by atoms with van der Waals surface area (Å²) in [4.78, 5) is 81.3. The Morgan fingerprint density at radius 3 is 0.917 bits per heavy atom. The lowest BCUT2D eigenvalue weighted by molar-refractivity contribution is 0.0733. The fourth-order valence-electron chi connectivity index (χ4n) is 17.7. The van der Waals surface area contributed by atoms with Crippen molar-refractivity contribution in [2.24, 2.45) is 0 Å². The van der Waals surface area contributed by atoms with Crippen LogP contribution in [0, 0.1) is 0 Å². The largest absolute Gasteiger partial charge is 0.425 e. The zero-order chi connectivity index (χ0) is 93.4. The predicted octanol–water partition coefficient (Wildman–Crippen LogP) is 18.2. The van der Waals surface area contributed by atoms with Crippen molar-refractivity contribution in [3.63, 3.8) is 0 Å². The number of aliphatic hydroxyl groups is 3. The van der Waals surface area contributed by atoms with E-state index in [-0.39, 0.29) is 47.6 Å². The quantitative estimate of drug-likeness (QED) is 0.0274. The highest BCUT2D eigenvalue weighted by Crippen LogP contribution is 2.46. The number of anilines is 6. The average Bonchev–Trinajstić information content (AvgIpc) is 1.61.